The number of benzene rings is 2. The third-order valence-electron chi connectivity index (χ3n) is 4.83. The van der Waals surface area contributed by atoms with Crippen molar-refractivity contribution >= 4 is 16.8 Å². The number of carbonyl (C=O) groups excluding carboxylic acids is 1. The molecule has 5 nitrogen and oxygen atoms in total. The Balaban J connectivity index is 1.45. The number of amides is 1. The number of pyridine rings is 1. The standard InChI is InChI=1S/C23H26N2O3/c1-16-7-12-21-18(13-16)14-19(23(27)25-21)15-24-22(26)6-4-3-5-17-8-10-20(28-2)11-9-17/h7-14H,3-6,15H2,1-2H3,(H,24,26)(H,25,27). The molecule has 1 aromatic heterocycles. The highest BCUT2D eigenvalue weighted by Gasteiger charge is 2.06. The third kappa shape index (κ3) is 5.22. The SMILES string of the molecule is COc1ccc(CCCCC(=O)NCc2cc3cc(C)ccc3[nH]c2=O)cc1. The Hall–Kier alpha value is -3.08. The number of hydrogen-bond acceptors (Lipinski definition) is 3. The van der Waals surface area contributed by atoms with E-state index in [9.17, 15) is 9.59 Å². The topological polar surface area (TPSA) is 71.2 Å². The summed E-state index contributed by atoms with van der Waals surface area (Å²) in [5.74, 6) is 0.820. The van der Waals surface area contributed by atoms with Gasteiger partial charge in [0.15, 0.2) is 0 Å². The van der Waals surface area contributed by atoms with Gasteiger partial charge in [-0.25, -0.2) is 0 Å². The molecule has 0 atom stereocenters. The lowest BCUT2D eigenvalue weighted by Gasteiger charge is -2.07. The second-order valence-corrected chi connectivity index (χ2v) is 7.05. The second-order valence-electron chi connectivity index (χ2n) is 7.05. The number of nitrogens with one attached hydrogen (secondary N) is 2. The summed E-state index contributed by atoms with van der Waals surface area (Å²) in [5.41, 5.74) is 3.59. The van der Waals surface area contributed by atoms with Gasteiger partial charge in [-0.3, -0.25) is 9.59 Å². The van der Waals surface area contributed by atoms with Crippen LogP contribution in [0.2, 0.25) is 0 Å². The lowest BCUT2D eigenvalue weighted by atomic mass is 10.1. The molecule has 1 amide bonds. The van der Waals surface area contributed by atoms with E-state index in [-0.39, 0.29) is 18.0 Å². The molecule has 146 valence electrons. The number of aromatic amines is 1. The highest BCUT2D eigenvalue weighted by atomic mass is 16.5. The number of carbonyl (C=O) groups is 1. The summed E-state index contributed by atoms with van der Waals surface area (Å²) >= 11 is 0. The molecule has 3 rings (SSSR count). The molecular formula is C23H26N2O3. The largest absolute Gasteiger partial charge is 0.497 e. The van der Waals surface area contributed by atoms with Crippen molar-refractivity contribution in [2.45, 2.75) is 39.2 Å². The van der Waals surface area contributed by atoms with Gasteiger partial charge in [-0.1, -0.05) is 23.8 Å². The maximum Gasteiger partial charge on any atom is 0.253 e. The normalized spacial score (nSPS) is 10.8. The number of ether oxygens (including phenoxy) is 1. The second kappa shape index (κ2) is 9.22. The molecule has 5 heteroatoms. The molecule has 0 aliphatic carbocycles. The van der Waals surface area contributed by atoms with E-state index in [1.807, 2.05) is 55.5 Å². The Morgan fingerprint density at radius 1 is 1.07 bits per heavy atom. The van der Waals surface area contributed by atoms with Gasteiger partial charge in [0.2, 0.25) is 5.91 Å². The van der Waals surface area contributed by atoms with E-state index in [2.05, 4.69) is 10.3 Å². The minimum Gasteiger partial charge on any atom is -0.497 e. The molecule has 3 aromatic rings. The first-order valence-corrected chi connectivity index (χ1v) is 9.57. The summed E-state index contributed by atoms with van der Waals surface area (Å²) in [5, 5.41) is 3.83. The minimum absolute atomic E-state index is 0.0292. The number of H-pyrrole nitrogens is 1. The van der Waals surface area contributed by atoms with Gasteiger partial charge < -0.3 is 15.0 Å². The van der Waals surface area contributed by atoms with E-state index in [0.29, 0.717) is 12.0 Å². The molecule has 0 radical (unpaired) electrons. The molecule has 0 unspecified atom stereocenters. The van der Waals surface area contributed by atoms with E-state index < -0.39 is 0 Å². The van der Waals surface area contributed by atoms with Crippen LogP contribution in [0.3, 0.4) is 0 Å². The van der Waals surface area contributed by atoms with Gasteiger partial charge in [0, 0.05) is 24.0 Å². The monoisotopic (exact) mass is 378 g/mol. The van der Waals surface area contributed by atoms with E-state index in [1.54, 1.807) is 7.11 Å². The van der Waals surface area contributed by atoms with Crippen molar-refractivity contribution in [3.8, 4) is 5.75 Å². The van der Waals surface area contributed by atoms with Crippen LogP contribution in [0.15, 0.2) is 53.3 Å². The van der Waals surface area contributed by atoms with Crippen molar-refractivity contribution in [2.75, 3.05) is 7.11 Å². The van der Waals surface area contributed by atoms with Crippen LogP contribution in [0.4, 0.5) is 0 Å². The van der Waals surface area contributed by atoms with Crippen LogP contribution in [0, 0.1) is 6.92 Å². The van der Waals surface area contributed by atoms with Crippen LogP contribution >= 0.6 is 0 Å². The fraction of sp³-hybridized carbons (Fsp3) is 0.304. The maximum absolute atomic E-state index is 12.2. The summed E-state index contributed by atoms with van der Waals surface area (Å²) in [6.07, 6.45) is 3.14. The summed E-state index contributed by atoms with van der Waals surface area (Å²) in [6.45, 7) is 2.26. The predicted molar refractivity (Wildman–Crippen MR) is 112 cm³/mol. The van der Waals surface area contributed by atoms with Crippen LogP contribution in [0.25, 0.3) is 10.9 Å². The van der Waals surface area contributed by atoms with Crippen LogP contribution in [0.1, 0.15) is 36.0 Å². The number of unbranched alkanes of at least 4 members (excludes halogenated alkanes) is 1. The number of methoxy groups -OCH3 is 1. The van der Waals surface area contributed by atoms with E-state index in [0.717, 1.165) is 41.5 Å². The summed E-state index contributed by atoms with van der Waals surface area (Å²) in [6, 6.07) is 15.7. The molecule has 28 heavy (non-hydrogen) atoms. The molecule has 0 fully saturated rings. The van der Waals surface area contributed by atoms with Crippen molar-refractivity contribution in [3.05, 3.63) is 75.6 Å². The first kappa shape index (κ1) is 19.7. The van der Waals surface area contributed by atoms with Crippen LogP contribution in [0.5, 0.6) is 5.75 Å². The van der Waals surface area contributed by atoms with E-state index >= 15 is 0 Å². The number of rotatable bonds is 8. The molecule has 0 bridgehead atoms. The minimum atomic E-state index is -0.156. The smallest absolute Gasteiger partial charge is 0.253 e. The predicted octanol–water partition coefficient (Wildman–Crippen LogP) is 3.87. The summed E-state index contributed by atoms with van der Waals surface area (Å²) in [4.78, 5) is 27.2. The number of fused-ring (bicyclic) bond motifs is 1. The molecular weight excluding hydrogens is 352 g/mol. The van der Waals surface area contributed by atoms with Gasteiger partial charge in [0.05, 0.1) is 7.11 Å². The molecule has 0 saturated carbocycles. The van der Waals surface area contributed by atoms with Gasteiger partial charge in [-0.15, -0.1) is 0 Å². The zero-order valence-electron chi connectivity index (χ0n) is 16.4. The lowest BCUT2D eigenvalue weighted by Crippen LogP contribution is -2.26. The maximum atomic E-state index is 12.2. The fourth-order valence-corrected chi connectivity index (χ4v) is 3.19. The van der Waals surface area contributed by atoms with E-state index in [1.165, 1.54) is 5.56 Å². The highest BCUT2D eigenvalue weighted by molar-refractivity contribution is 5.80. The molecule has 0 aliphatic rings. The van der Waals surface area contributed by atoms with Crippen molar-refractivity contribution in [2.24, 2.45) is 0 Å². The summed E-state index contributed by atoms with van der Waals surface area (Å²) < 4.78 is 5.15. The first-order valence-electron chi connectivity index (χ1n) is 9.57. The molecule has 2 aromatic carbocycles. The van der Waals surface area contributed by atoms with Crippen LogP contribution in [-0.4, -0.2) is 18.0 Å². The molecule has 0 spiro atoms. The van der Waals surface area contributed by atoms with Crippen molar-refractivity contribution in [1.29, 1.82) is 0 Å². The average molecular weight is 378 g/mol. The van der Waals surface area contributed by atoms with Gasteiger partial charge in [0.1, 0.15) is 5.75 Å². The molecule has 0 aliphatic heterocycles. The number of aryl methyl sites for hydroxylation is 2. The number of hydrogen-bond donors (Lipinski definition) is 2. The van der Waals surface area contributed by atoms with E-state index in [4.69, 9.17) is 4.74 Å². The van der Waals surface area contributed by atoms with Crippen LogP contribution in [-0.2, 0) is 17.8 Å². The Kier molecular flexibility index (Phi) is 6.48. The average Bonchev–Trinajstić information content (AvgIpc) is 2.70. The van der Waals surface area contributed by atoms with Crippen molar-refractivity contribution in [1.82, 2.24) is 10.3 Å². The fourth-order valence-electron chi connectivity index (χ4n) is 3.19. The Bertz CT molecular complexity index is 1010. The van der Waals surface area contributed by atoms with Gasteiger partial charge in [-0.05, 0) is 67.5 Å². The molecule has 1 heterocycles. The Labute approximate surface area is 164 Å². The van der Waals surface area contributed by atoms with Gasteiger partial charge in [0.25, 0.3) is 5.56 Å². The van der Waals surface area contributed by atoms with Crippen LogP contribution < -0.4 is 15.6 Å². The molecule has 0 saturated heterocycles. The zero-order valence-corrected chi connectivity index (χ0v) is 16.4. The van der Waals surface area contributed by atoms with Crippen molar-refractivity contribution in [3.63, 3.8) is 0 Å². The Morgan fingerprint density at radius 3 is 2.61 bits per heavy atom. The number of aromatic nitrogens is 1. The summed E-state index contributed by atoms with van der Waals surface area (Å²) in [7, 11) is 1.65. The van der Waals surface area contributed by atoms with Gasteiger partial charge >= 0.3 is 0 Å². The first-order chi connectivity index (χ1) is 13.5. The highest BCUT2D eigenvalue weighted by Crippen LogP contribution is 2.14. The quantitative estimate of drug-likeness (QED) is 0.585. The van der Waals surface area contributed by atoms with Gasteiger partial charge in [-0.2, -0.15) is 0 Å². The third-order valence-corrected chi connectivity index (χ3v) is 4.83. The lowest BCUT2D eigenvalue weighted by molar-refractivity contribution is -0.121. The Morgan fingerprint density at radius 2 is 1.86 bits per heavy atom. The van der Waals surface area contributed by atoms with Crippen molar-refractivity contribution < 1.29 is 9.53 Å². The zero-order chi connectivity index (χ0) is 19.9. The molecule has 2 N–H and O–H groups in total.